The number of aryl methyl sites for hydroxylation is 3. The first kappa shape index (κ1) is 24.5. The number of hydrogen-bond acceptors (Lipinski definition) is 3. The quantitative estimate of drug-likeness (QED) is 0.547. The van der Waals surface area contributed by atoms with E-state index in [0.717, 1.165) is 28.9 Å². The zero-order chi connectivity index (χ0) is 24.9. The van der Waals surface area contributed by atoms with Crippen LogP contribution in [0, 0.1) is 20.8 Å². The molecule has 0 saturated heterocycles. The zero-order valence-corrected chi connectivity index (χ0v) is 21.0. The van der Waals surface area contributed by atoms with Gasteiger partial charge in [0.05, 0.1) is 12.6 Å². The standard InChI is InChI=1S/C28H34N4O3/c1-20-7-10-23(11-8-20)27-25-6-5-13-30(25)14-15-32(27)26(33)19-31(16-17-35-4)28(34)29-24-12-9-21(2)22(3)18-24/h5-13,18,27H,14-17,19H2,1-4H3,(H,29,34). The molecule has 2 heterocycles. The molecule has 7 heteroatoms. The Morgan fingerprint density at radius 3 is 2.51 bits per heavy atom. The minimum Gasteiger partial charge on any atom is -0.383 e. The van der Waals surface area contributed by atoms with Crippen LogP contribution in [-0.2, 0) is 16.1 Å². The van der Waals surface area contributed by atoms with Crippen molar-refractivity contribution in [3.63, 3.8) is 0 Å². The van der Waals surface area contributed by atoms with E-state index in [1.54, 1.807) is 7.11 Å². The lowest BCUT2D eigenvalue weighted by atomic mass is 9.98. The van der Waals surface area contributed by atoms with Gasteiger partial charge in [0.15, 0.2) is 0 Å². The zero-order valence-electron chi connectivity index (χ0n) is 21.0. The largest absolute Gasteiger partial charge is 0.383 e. The second-order valence-electron chi connectivity index (χ2n) is 9.17. The molecule has 3 amide bonds. The molecule has 0 spiro atoms. The van der Waals surface area contributed by atoms with Gasteiger partial charge in [0.2, 0.25) is 5.91 Å². The lowest BCUT2D eigenvalue weighted by Crippen LogP contribution is -2.49. The van der Waals surface area contributed by atoms with Crippen molar-refractivity contribution in [1.29, 1.82) is 0 Å². The first-order valence-electron chi connectivity index (χ1n) is 12.0. The summed E-state index contributed by atoms with van der Waals surface area (Å²) in [4.78, 5) is 30.2. The van der Waals surface area contributed by atoms with E-state index in [9.17, 15) is 9.59 Å². The van der Waals surface area contributed by atoms with E-state index in [1.165, 1.54) is 10.5 Å². The van der Waals surface area contributed by atoms with E-state index < -0.39 is 0 Å². The molecule has 1 aliphatic heterocycles. The average molecular weight is 475 g/mol. The highest BCUT2D eigenvalue weighted by Gasteiger charge is 2.33. The first-order chi connectivity index (χ1) is 16.9. The summed E-state index contributed by atoms with van der Waals surface area (Å²) in [5.74, 6) is -0.0886. The Morgan fingerprint density at radius 2 is 1.80 bits per heavy atom. The summed E-state index contributed by atoms with van der Waals surface area (Å²) in [5.41, 5.74) is 6.28. The number of carbonyl (C=O) groups is 2. The molecule has 7 nitrogen and oxygen atoms in total. The second kappa shape index (κ2) is 10.8. The fourth-order valence-electron chi connectivity index (χ4n) is 4.48. The number of amides is 3. The molecule has 0 bridgehead atoms. The molecule has 1 unspecified atom stereocenters. The van der Waals surface area contributed by atoms with Crippen LogP contribution in [0.1, 0.15) is 34.0 Å². The highest BCUT2D eigenvalue weighted by atomic mass is 16.5. The summed E-state index contributed by atoms with van der Waals surface area (Å²) in [6.45, 7) is 8.04. The third-order valence-electron chi connectivity index (χ3n) is 6.69. The summed E-state index contributed by atoms with van der Waals surface area (Å²) >= 11 is 0. The van der Waals surface area contributed by atoms with Gasteiger partial charge in [0.25, 0.3) is 0 Å². The molecule has 1 aromatic heterocycles. The van der Waals surface area contributed by atoms with Gasteiger partial charge >= 0.3 is 6.03 Å². The maximum absolute atomic E-state index is 13.7. The Kier molecular flexibility index (Phi) is 7.56. The molecular formula is C28H34N4O3. The molecule has 0 radical (unpaired) electrons. The van der Waals surface area contributed by atoms with Crippen LogP contribution in [0.2, 0.25) is 0 Å². The maximum atomic E-state index is 13.7. The van der Waals surface area contributed by atoms with Crippen molar-refractivity contribution in [2.75, 3.05) is 38.7 Å². The number of hydrogen-bond donors (Lipinski definition) is 1. The summed E-state index contributed by atoms with van der Waals surface area (Å²) in [7, 11) is 1.59. The van der Waals surface area contributed by atoms with Crippen LogP contribution < -0.4 is 5.32 Å². The van der Waals surface area contributed by atoms with E-state index >= 15 is 0 Å². The Morgan fingerprint density at radius 1 is 1.03 bits per heavy atom. The predicted octanol–water partition coefficient (Wildman–Crippen LogP) is 4.53. The van der Waals surface area contributed by atoms with E-state index in [1.807, 2.05) is 43.0 Å². The average Bonchev–Trinajstić information content (AvgIpc) is 3.33. The summed E-state index contributed by atoms with van der Waals surface area (Å²) in [6.07, 6.45) is 2.06. The molecule has 0 aliphatic carbocycles. The van der Waals surface area contributed by atoms with Crippen LogP contribution in [0.5, 0.6) is 0 Å². The maximum Gasteiger partial charge on any atom is 0.322 e. The van der Waals surface area contributed by atoms with Crippen molar-refractivity contribution < 1.29 is 14.3 Å². The van der Waals surface area contributed by atoms with Crippen molar-refractivity contribution in [2.24, 2.45) is 0 Å². The number of nitrogens with one attached hydrogen (secondary N) is 1. The molecule has 0 saturated carbocycles. The number of benzene rings is 2. The van der Waals surface area contributed by atoms with Crippen molar-refractivity contribution >= 4 is 17.6 Å². The summed E-state index contributed by atoms with van der Waals surface area (Å²) < 4.78 is 7.42. The van der Waals surface area contributed by atoms with Gasteiger partial charge in [-0.3, -0.25) is 4.79 Å². The Hall–Kier alpha value is -3.58. The number of methoxy groups -OCH3 is 1. The van der Waals surface area contributed by atoms with Gasteiger partial charge in [0, 0.05) is 44.3 Å². The fraction of sp³-hybridized carbons (Fsp3) is 0.357. The highest BCUT2D eigenvalue weighted by Crippen LogP contribution is 2.32. The SMILES string of the molecule is COCCN(CC(=O)N1CCn2cccc2C1c1ccc(C)cc1)C(=O)Nc1ccc(C)c(C)c1. The van der Waals surface area contributed by atoms with Crippen LogP contribution in [0.3, 0.4) is 0 Å². The van der Waals surface area contributed by atoms with Crippen LogP contribution in [0.25, 0.3) is 0 Å². The molecule has 0 fully saturated rings. The molecule has 3 aromatic rings. The van der Waals surface area contributed by atoms with Gasteiger partial charge in [-0.1, -0.05) is 35.9 Å². The number of ether oxygens (including phenoxy) is 1. The van der Waals surface area contributed by atoms with E-state index in [2.05, 4.69) is 53.3 Å². The van der Waals surface area contributed by atoms with Gasteiger partial charge < -0.3 is 24.4 Å². The van der Waals surface area contributed by atoms with Crippen LogP contribution in [-0.4, -0.2) is 59.7 Å². The minimum atomic E-state index is -0.314. The van der Waals surface area contributed by atoms with Gasteiger partial charge in [-0.05, 0) is 61.7 Å². The number of nitrogens with zero attached hydrogens (tertiary/aromatic N) is 3. The second-order valence-corrected chi connectivity index (χ2v) is 9.17. The Labute approximate surface area is 207 Å². The Balaban J connectivity index is 1.55. The number of fused-ring (bicyclic) bond motifs is 1. The van der Waals surface area contributed by atoms with Crippen molar-refractivity contribution in [2.45, 2.75) is 33.4 Å². The van der Waals surface area contributed by atoms with Crippen LogP contribution in [0.4, 0.5) is 10.5 Å². The third kappa shape index (κ3) is 5.57. The molecule has 2 aromatic carbocycles. The molecule has 184 valence electrons. The van der Waals surface area contributed by atoms with Crippen molar-refractivity contribution in [3.8, 4) is 0 Å². The normalized spacial score (nSPS) is 15.0. The number of carbonyl (C=O) groups excluding carboxylic acids is 2. The number of aromatic nitrogens is 1. The van der Waals surface area contributed by atoms with Gasteiger partial charge in [0.1, 0.15) is 6.54 Å². The smallest absolute Gasteiger partial charge is 0.322 e. The summed E-state index contributed by atoms with van der Waals surface area (Å²) in [6, 6.07) is 17.7. The van der Waals surface area contributed by atoms with E-state index in [-0.39, 0.29) is 24.5 Å². The van der Waals surface area contributed by atoms with Crippen molar-refractivity contribution in [1.82, 2.24) is 14.4 Å². The van der Waals surface area contributed by atoms with E-state index in [4.69, 9.17) is 4.74 Å². The molecule has 1 aliphatic rings. The first-order valence-corrected chi connectivity index (χ1v) is 12.0. The predicted molar refractivity (Wildman–Crippen MR) is 138 cm³/mol. The molecule has 4 rings (SSSR count). The lowest BCUT2D eigenvalue weighted by molar-refractivity contribution is -0.134. The number of urea groups is 1. The topological polar surface area (TPSA) is 66.8 Å². The number of anilines is 1. The minimum absolute atomic E-state index is 0.0247. The summed E-state index contributed by atoms with van der Waals surface area (Å²) in [5, 5.41) is 2.94. The van der Waals surface area contributed by atoms with Crippen molar-refractivity contribution in [3.05, 3.63) is 88.7 Å². The van der Waals surface area contributed by atoms with Crippen LogP contribution >= 0.6 is 0 Å². The molecule has 1 N–H and O–H groups in total. The monoisotopic (exact) mass is 474 g/mol. The highest BCUT2D eigenvalue weighted by molar-refractivity contribution is 5.92. The van der Waals surface area contributed by atoms with Crippen LogP contribution in [0.15, 0.2) is 60.8 Å². The van der Waals surface area contributed by atoms with Gasteiger partial charge in [-0.2, -0.15) is 0 Å². The lowest BCUT2D eigenvalue weighted by Gasteiger charge is -2.38. The molecule has 35 heavy (non-hydrogen) atoms. The fourth-order valence-corrected chi connectivity index (χ4v) is 4.48. The number of rotatable bonds is 7. The van der Waals surface area contributed by atoms with Gasteiger partial charge in [-0.25, -0.2) is 4.79 Å². The molecule has 1 atom stereocenters. The molecular weight excluding hydrogens is 440 g/mol. The van der Waals surface area contributed by atoms with E-state index in [0.29, 0.717) is 25.4 Å². The van der Waals surface area contributed by atoms with Gasteiger partial charge in [-0.15, -0.1) is 0 Å². The Bertz CT molecular complexity index is 1190. The third-order valence-corrected chi connectivity index (χ3v) is 6.69.